The molecule has 2 unspecified atom stereocenters. The molecule has 1 aliphatic heterocycles. The predicted octanol–water partition coefficient (Wildman–Crippen LogP) is 0.315. The van der Waals surface area contributed by atoms with Gasteiger partial charge in [0.15, 0.2) is 5.78 Å². The maximum Gasteiger partial charge on any atom is 0.157 e. The van der Waals surface area contributed by atoms with Gasteiger partial charge in [-0.15, -0.1) is 0 Å². The van der Waals surface area contributed by atoms with Crippen LogP contribution in [0.1, 0.15) is 19.8 Å². The van der Waals surface area contributed by atoms with E-state index in [2.05, 4.69) is 11.8 Å². The van der Waals surface area contributed by atoms with Crippen molar-refractivity contribution in [2.75, 3.05) is 19.8 Å². The molecule has 1 heterocycles. The third-order valence-corrected chi connectivity index (χ3v) is 3.03. The number of nitrogens with zero attached hydrogens (tertiary/aromatic N) is 1. The Balaban J connectivity index is 2.06. The number of aliphatic hydroxyl groups is 1. The highest BCUT2D eigenvalue weighted by Crippen LogP contribution is 2.24. The fraction of sp³-hybridized carbons (Fsp3) is 0.727. The van der Waals surface area contributed by atoms with Crippen LogP contribution in [0.2, 0.25) is 0 Å². The summed E-state index contributed by atoms with van der Waals surface area (Å²) in [7, 11) is 0. The highest BCUT2D eigenvalue weighted by atomic mass is 16.5. The van der Waals surface area contributed by atoms with Crippen LogP contribution in [0.5, 0.6) is 0 Å². The second kappa shape index (κ2) is 4.33. The van der Waals surface area contributed by atoms with E-state index in [-0.39, 0.29) is 18.5 Å². The largest absolute Gasteiger partial charge is 0.394 e. The fourth-order valence-electron chi connectivity index (χ4n) is 2.14. The van der Waals surface area contributed by atoms with Crippen molar-refractivity contribution < 1.29 is 14.6 Å². The first kappa shape index (κ1) is 10.6. The first-order chi connectivity index (χ1) is 7.20. The summed E-state index contributed by atoms with van der Waals surface area (Å²) in [6.45, 7) is 3.44. The lowest BCUT2D eigenvalue weighted by Crippen LogP contribution is -2.48. The second-order valence-electron chi connectivity index (χ2n) is 4.24. The Bertz CT molecular complexity index is 288. The minimum atomic E-state index is -0.113. The van der Waals surface area contributed by atoms with Crippen molar-refractivity contribution >= 4 is 5.78 Å². The van der Waals surface area contributed by atoms with Crippen LogP contribution in [0, 0.1) is 0 Å². The third kappa shape index (κ3) is 2.21. The van der Waals surface area contributed by atoms with E-state index in [9.17, 15) is 4.79 Å². The van der Waals surface area contributed by atoms with Gasteiger partial charge in [0, 0.05) is 30.8 Å². The molecule has 1 fully saturated rings. The molecule has 1 N–H and O–H groups in total. The van der Waals surface area contributed by atoms with Gasteiger partial charge < -0.3 is 14.7 Å². The van der Waals surface area contributed by atoms with Gasteiger partial charge in [-0.3, -0.25) is 4.79 Å². The van der Waals surface area contributed by atoms with Crippen molar-refractivity contribution in [1.82, 2.24) is 4.90 Å². The number of carbonyl (C=O) groups excluding carboxylic acids is 1. The number of ether oxygens (including phenoxy) is 1. The number of morpholine rings is 1. The first-order valence-electron chi connectivity index (χ1n) is 5.43. The Hall–Kier alpha value is -0.870. The fourth-order valence-corrected chi connectivity index (χ4v) is 2.14. The van der Waals surface area contributed by atoms with Crippen LogP contribution in [0.25, 0.3) is 0 Å². The highest BCUT2D eigenvalue weighted by Gasteiger charge is 2.29. The molecule has 0 aromatic rings. The number of aliphatic hydroxyl groups excluding tert-OH is 1. The van der Waals surface area contributed by atoms with E-state index in [1.54, 1.807) is 6.08 Å². The Kier molecular flexibility index (Phi) is 3.07. The molecule has 0 aromatic carbocycles. The number of carbonyl (C=O) groups is 1. The Morgan fingerprint density at radius 1 is 1.60 bits per heavy atom. The first-order valence-corrected chi connectivity index (χ1v) is 5.43. The number of hydrogen-bond donors (Lipinski definition) is 1. The molecule has 0 saturated carbocycles. The predicted molar refractivity (Wildman–Crippen MR) is 55.3 cm³/mol. The smallest absolute Gasteiger partial charge is 0.157 e. The van der Waals surface area contributed by atoms with E-state index in [1.807, 2.05) is 0 Å². The number of ketones is 1. The highest BCUT2D eigenvalue weighted by molar-refractivity contribution is 5.92. The lowest BCUT2D eigenvalue weighted by atomic mass is 10.1. The maximum atomic E-state index is 11.2. The van der Waals surface area contributed by atoms with E-state index >= 15 is 0 Å². The summed E-state index contributed by atoms with van der Waals surface area (Å²) in [4.78, 5) is 13.4. The molecule has 0 aromatic heterocycles. The van der Waals surface area contributed by atoms with Crippen LogP contribution < -0.4 is 0 Å². The van der Waals surface area contributed by atoms with Gasteiger partial charge in [0.25, 0.3) is 0 Å². The summed E-state index contributed by atoms with van der Waals surface area (Å²) < 4.78 is 5.45. The number of rotatable bonds is 2. The van der Waals surface area contributed by atoms with Gasteiger partial charge in [-0.2, -0.15) is 0 Å². The van der Waals surface area contributed by atoms with Crippen LogP contribution in [-0.4, -0.2) is 47.7 Å². The normalized spacial score (nSPS) is 32.0. The van der Waals surface area contributed by atoms with E-state index in [4.69, 9.17) is 9.84 Å². The van der Waals surface area contributed by atoms with E-state index in [0.717, 1.165) is 12.1 Å². The van der Waals surface area contributed by atoms with Crippen molar-refractivity contribution in [2.45, 2.75) is 31.9 Å². The van der Waals surface area contributed by atoms with Crippen LogP contribution in [0.4, 0.5) is 0 Å². The molecule has 1 aliphatic carbocycles. The minimum absolute atomic E-state index is 0.0461. The molecule has 4 heteroatoms. The van der Waals surface area contributed by atoms with Crippen LogP contribution in [-0.2, 0) is 9.53 Å². The molecule has 2 atom stereocenters. The lowest BCUT2D eigenvalue weighted by Gasteiger charge is -2.39. The molecular formula is C11H17NO3. The molecule has 2 rings (SSSR count). The molecule has 0 bridgehead atoms. The monoisotopic (exact) mass is 211 g/mol. The van der Waals surface area contributed by atoms with E-state index < -0.39 is 0 Å². The Morgan fingerprint density at radius 2 is 2.40 bits per heavy atom. The van der Waals surface area contributed by atoms with Crippen molar-refractivity contribution in [2.24, 2.45) is 0 Å². The molecule has 0 amide bonds. The number of allylic oxidation sites excluding steroid dienone is 2. The molecule has 84 valence electrons. The van der Waals surface area contributed by atoms with Gasteiger partial charge in [-0.1, -0.05) is 0 Å². The average Bonchev–Trinajstić information content (AvgIpc) is 2.65. The third-order valence-electron chi connectivity index (χ3n) is 3.03. The van der Waals surface area contributed by atoms with Crippen molar-refractivity contribution in [3.8, 4) is 0 Å². The Labute approximate surface area is 89.5 Å². The van der Waals surface area contributed by atoms with Crippen LogP contribution in [0.15, 0.2) is 11.8 Å². The standard InChI is InChI=1S/C11H17NO3/c1-8-7-15-11(6-13)5-12(8)9-2-3-10(14)4-9/h4,8,11,13H,2-3,5-7H2,1H3. The molecule has 15 heavy (non-hydrogen) atoms. The second-order valence-corrected chi connectivity index (χ2v) is 4.24. The summed E-state index contributed by atoms with van der Waals surface area (Å²) in [6.07, 6.45) is 3.08. The van der Waals surface area contributed by atoms with Crippen LogP contribution >= 0.6 is 0 Å². The quantitative estimate of drug-likeness (QED) is 0.714. The average molecular weight is 211 g/mol. The number of hydrogen-bond acceptors (Lipinski definition) is 4. The van der Waals surface area contributed by atoms with Crippen molar-refractivity contribution in [3.05, 3.63) is 11.8 Å². The van der Waals surface area contributed by atoms with Gasteiger partial charge >= 0.3 is 0 Å². The van der Waals surface area contributed by atoms with Crippen LogP contribution in [0.3, 0.4) is 0 Å². The van der Waals surface area contributed by atoms with Gasteiger partial charge in [0.2, 0.25) is 0 Å². The molecule has 0 spiro atoms. The molecule has 2 aliphatic rings. The SMILES string of the molecule is CC1COC(CO)CN1C1=CC(=O)CC1. The van der Waals surface area contributed by atoms with E-state index in [1.165, 1.54) is 0 Å². The Morgan fingerprint density at radius 3 is 3.00 bits per heavy atom. The molecule has 0 radical (unpaired) electrons. The van der Waals surface area contributed by atoms with Gasteiger partial charge in [0.05, 0.1) is 19.3 Å². The van der Waals surface area contributed by atoms with E-state index in [0.29, 0.717) is 25.6 Å². The zero-order valence-corrected chi connectivity index (χ0v) is 8.98. The van der Waals surface area contributed by atoms with Gasteiger partial charge in [-0.25, -0.2) is 0 Å². The zero-order valence-electron chi connectivity index (χ0n) is 8.98. The summed E-state index contributed by atoms with van der Waals surface area (Å²) in [5, 5.41) is 9.05. The molecular weight excluding hydrogens is 194 g/mol. The molecule has 4 nitrogen and oxygen atoms in total. The maximum absolute atomic E-state index is 11.2. The zero-order chi connectivity index (χ0) is 10.8. The summed E-state index contributed by atoms with van der Waals surface area (Å²) in [5.74, 6) is 0.212. The summed E-state index contributed by atoms with van der Waals surface area (Å²) in [5.41, 5.74) is 1.11. The van der Waals surface area contributed by atoms with Gasteiger partial charge in [-0.05, 0) is 13.3 Å². The summed E-state index contributed by atoms with van der Waals surface area (Å²) in [6, 6.07) is 0.296. The topological polar surface area (TPSA) is 49.8 Å². The van der Waals surface area contributed by atoms with Crippen molar-refractivity contribution in [1.29, 1.82) is 0 Å². The molecule has 1 saturated heterocycles. The van der Waals surface area contributed by atoms with Crippen molar-refractivity contribution in [3.63, 3.8) is 0 Å². The lowest BCUT2D eigenvalue weighted by molar-refractivity contribution is -0.114. The van der Waals surface area contributed by atoms with Gasteiger partial charge in [0.1, 0.15) is 0 Å². The minimum Gasteiger partial charge on any atom is -0.394 e. The summed E-state index contributed by atoms with van der Waals surface area (Å²) >= 11 is 0.